The molecule has 1 aromatic rings. The first-order valence-electron chi connectivity index (χ1n) is 5.76. The first-order chi connectivity index (χ1) is 8.02. The van der Waals surface area contributed by atoms with Gasteiger partial charge in [-0.15, -0.1) is 11.8 Å². The molecule has 0 radical (unpaired) electrons. The van der Waals surface area contributed by atoms with E-state index >= 15 is 0 Å². The molecule has 4 nitrogen and oxygen atoms in total. The van der Waals surface area contributed by atoms with E-state index in [9.17, 15) is 0 Å². The van der Waals surface area contributed by atoms with Crippen LogP contribution in [0.2, 0.25) is 0 Å². The molecule has 0 amide bonds. The third-order valence-electron chi connectivity index (χ3n) is 2.73. The Bertz CT molecular complexity index is 351. The molecule has 0 saturated heterocycles. The summed E-state index contributed by atoms with van der Waals surface area (Å²) < 4.78 is 0. The maximum atomic E-state index is 7.47. The molecule has 1 heterocycles. The highest BCUT2D eigenvalue weighted by molar-refractivity contribution is 7.99. The number of thioether (sulfide) groups is 1. The van der Waals surface area contributed by atoms with E-state index in [4.69, 9.17) is 11.1 Å². The van der Waals surface area contributed by atoms with Gasteiger partial charge in [0.1, 0.15) is 6.33 Å². The highest BCUT2D eigenvalue weighted by atomic mass is 32.2. The van der Waals surface area contributed by atoms with E-state index < -0.39 is 0 Å². The SMILES string of the molecule is CC(C)(CCCCSc1ccncn1)C(=N)N. The highest BCUT2D eigenvalue weighted by Gasteiger charge is 2.20. The third-order valence-corrected chi connectivity index (χ3v) is 3.76. The third kappa shape index (κ3) is 5.17. The zero-order valence-corrected chi connectivity index (χ0v) is 11.3. The number of nitrogens with two attached hydrogens (primary N) is 1. The maximum Gasteiger partial charge on any atom is 0.116 e. The van der Waals surface area contributed by atoms with Crippen LogP contribution in [0.15, 0.2) is 23.6 Å². The summed E-state index contributed by atoms with van der Waals surface area (Å²) in [6.45, 7) is 4.04. The Morgan fingerprint density at radius 1 is 1.47 bits per heavy atom. The summed E-state index contributed by atoms with van der Waals surface area (Å²) >= 11 is 1.74. The van der Waals surface area contributed by atoms with Crippen molar-refractivity contribution in [1.29, 1.82) is 5.41 Å². The molecule has 0 aliphatic carbocycles. The molecule has 1 aromatic heterocycles. The minimum atomic E-state index is -0.167. The summed E-state index contributed by atoms with van der Waals surface area (Å²) in [5, 5.41) is 8.49. The Labute approximate surface area is 107 Å². The van der Waals surface area contributed by atoms with Gasteiger partial charge in [-0.2, -0.15) is 0 Å². The molecule has 17 heavy (non-hydrogen) atoms. The zero-order valence-electron chi connectivity index (χ0n) is 10.4. The molecule has 0 aliphatic rings. The van der Waals surface area contributed by atoms with Crippen molar-refractivity contribution in [3.63, 3.8) is 0 Å². The van der Waals surface area contributed by atoms with Crippen molar-refractivity contribution in [2.24, 2.45) is 11.1 Å². The maximum absolute atomic E-state index is 7.47. The van der Waals surface area contributed by atoms with Gasteiger partial charge in [-0.3, -0.25) is 5.41 Å². The fourth-order valence-corrected chi connectivity index (χ4v) is 2.18. The molecule has 94 valence electrons. The molecule has 0 unspecified atom stereocenters. The number of nitrogens with zero attached hydrogens (tertiary/aromatic N) is 2. The standard InChI is InChI=1S/C12H20N4S/c1-12(2,11(13)14)6-3-4-8-17-10-5-7-15-9-16-10/h5,7,9H,3-4,6,8H2,1-2H3,(H3,13,14). The Morgan fingerprint density at radius 3 is 2.82 bits per heavy atom. The van der Waals surface area contributed by atoms with Crippen LogP contribution >= 0.6 is 11.8 Å². The molecule has 0 saturated carbocycles. The number of rotatable bonds is 7. The van der Waals surface area contributed by atoms with Crippen LogP contribution in [0.5, 0.6) is 0 Å². The summed E-state index contributed by atoms with van der Waals surface area (Å²) in [4.78, 5) is 8.03. The average molecular weight is 252 g/mol. The van der Waals surface area contributed by atoms with Gasteiger partial charge in [0.05, 0.1) is 10.9 Å². The van der Waals surface area contributed by atoms with E-state index in [1.807, 2.05) is 19.9 Å². The topological polar surface area (TPSA) is 75.7 Å². The molecular formula is C12H20N4S. The number of hydrogen-bond acceptors (Lipinski definition) is 4. The zero-order chi connectivity index (χ0) is 12.7. The van der Waals surface area contributed by atoms with Crippen molar-refractivity contribution in [2.75, 3.05) is 5.75 Å². The first kappa shape index (κ1) is 14.0. The normalized spacial score (nSPS) is 11.4. The van der Waals surface area contributed by atoms with E-state index in [0.717, 1.165) is 30.0 Å². The fourth-order valence-electron chi connectivity index (χ4n) is 1.34. The Kier molecular flexibility index (Phi) is 5.41. The Hall–Kier alpha value is -1.10. The van der Waals surface area contributed by atoms with Gasteiger partial charge in [0.15, 0.2) is 0 Å². The van der Waals surface area contributed by atoms with Crippen LogP contribution in [-0.2, 0) is 0 Å². The van der Waals surface area contributed by atoms with E-state index in [-0.39, 0.29) is 11.3 Å². The molecule has 5 heteroatoms. The molecule has 0 atom stereocenters. The van der Waals surface area contributed by atoms with Crippen molar-refractivity contribution < 1.29 is 0 Å². The predicted molar refractivity (Wildman–Crippen MR) is 72.3 cm³/mol. The smallest absolute Gasteiger partial charge is 0.116 e. The number of amidine groups is 1. The first-order valence-corrected chi connectivity index (χ1v) is 6.74. The Balaban J connectivity index is 2.15. The lowest BCUT2D eigenvalue weighted by Crippen LogP contribution is -2.30. The number of aromatic nitrogens is 2. The molecule has 1 rings (SSSR count). The van der Waals surface area contributed by atoms with Crippen LogP contribution in [0.25, 0.3) is 0 Å². The van der Waals surface area contributed by atoms with Gasteiger partial charge in [-0.25, -0.2) is 9.97 Å². The van der Waals surface area contributed by atoms with Gasteiger partial charge < -0.3 is 5.73 Å². The second-order valence-electron chi connectivity index (χ2n) is 4.65. The van der Waals surface area contributed by atoms with Gasteiger partial charge in [-0.1, -0.05) is 20.3 Å². The molecule has 0 aliphatic heterocycles. The van der Waals surface area contributed by atoms with Gasteiger partial charge in [0.25, 0.3) is 0 Å². The lowest BCUT2D eigenvalue weighted by Gasteiger charge is -2.22. The number of nitrogens with one attached hydrogen (secondary N) is 1. The van der Waals surface area contributed by atoms with Gasteiger partial charge in [0.2, 0.25) is 0 Å². The molecule has 3 N–H and O–H groups in total. The van der Waals surface area contributed by atoms with Crippen LogP contribution in [-0.4, -0.2) is 21.6 Å². The highest BCUT2D eigenvalue weighted by Crippen LogP contribution is 2.24. The summed E-state index contributed by atoms with van der Waals surface area (Å²) in [6, 6.07) is 1.92. The molecule has 0 bridgehead atoms. The van der Waals surface area contributed by atoms with E-state index in [2.05, 4.69) is 9.97 Å². The lowest BCUT2D eigenvalue weighted by molar-refractivity contribution is 0.448. The molecular weight excluding hydrogens is 232 g/mol. The number of hydrogen-bond donors (Lipinski definition) is 2. The monoisotopic (exact) mass is 252 g/mol. The van der Waals surface area contributed by atoms with Gasteiger partial charge in [0, 0.05) is 11.6 Å². The van der Waals surface area contributed by atoms with Crippen molar-refractivity contribution in [3.05, 3.63) is 18.6 Å². The van der Waals surface area contributed by atoms with Crippen LogP contribution in [0.1, 0.15) is 33.1 Å². The molecule has 0 fully saturated rings. The van der Waals surface area contributed by atoms with Crippen LogP contribution in [0.4, 0.5) is 0 Å². The lowest BCUT2D eigenvalue weighted by atomic mass is 9.86. The second kappa shape index (κ2) is 6.59. The van der Waals surface area contributed by atoms with Crippen LogP contribution < -0.4 is 5.73 Å². The minimum Gasteiger partial charge on any atom is -0.387 e. The fraction of sp³-hybridized carbons (Fsp3) is 0.583. The van der Waals surface area contributed by atoms with Crippen molar-refractivity contribution in [2.45, 2.75) is 38.1 Å². The second-order valence-corrected chi connectivity index (χ2v) is 5.77. The average Bonchev–Trinajstić information content (AvgIpc) is 2.29. The number of unbranched alkanes of at least 4 members (excludes halogenated alkanes) is 1. The largest absolute Gasteiger partial charge is 0.387 e. The van der Waals surface area contributed by atoms with E-state index in [1.54, 1.807) is 24.3 Å². The summed E-state index contributed by atoms with van der Waals surface area (Å²) in [5.74, 6) is 1.33. The molecule has 0 spiro atoms. The van der Waals surface area contributed by atoms with E-state index in [0.29, 0.717) is 0 Å². The van der Waals surface area contributed by atoms with Crippen molar-refractivity contribution in [1.82, 2.24) is 9.97 Å². The summed E-state index contributed by atoms with van der Waals surface area (Å²) in [6.07, 6.45) is 6.50. The van der Waals surface area contributed by atoms with Gasteiger partial charge >= 0.3 is 0 Å². The van der Waals surface area contributed by atoms with Crippen molar-refractivity contribution >= 4 is 17.6 Å². The van der Waals surface area contributed by atoms with E-state index in [1.165, 1.54) is 0 Å². The summed E-state index contributed by atoms with van der Waals surface area (Å²) in [5.41, 5.74) is 5.37. The Morgan fingerprint density at radius 2 is 2.24 bits per heavy atom. The van der Waals surface area contributed by atoms with Crippen LogP contribution in [0, 0.1) is 10.8 Å². The molecule has 0 aromatic carbocycles. The quantitative estimate of drug-likeness (QED) is 0.257. The predicted octanol–water partition coefficient (Wildman–Crippen LogP) is 2.70. The van der Waals surface area contributed by atoms with Gasteiger partial charge in [-0.05, 0) is 24.7 Å². The summed E-state index contributed by atoms with van der Waals surface area (Å²) in [7, 11) is 0. The van der Waals surface area contributed by atoms with Crippen molar-refractivity contribution in [3.8, 4) is 0 Å². The minimum absolute atomic E-state index is 0.167. The van der Waals surface area contributed by atoms with Crippen LogP contribution in [0.3, 0.4) is 0 Å².